The highest BCUT2D eigenvalue weighted by molar-refractivity contribution is 7.89. The summed E-state index contributed by atoms with van der Waals surface area (Å²) < 4.78 is 26.7. The SMILES string of the molecule is Cc1cnc(N(OC(=O)CCCN(C)C)C(=O)C2=Cc3ccccc3S(=O)(=O)N2C)s1.Cl. The third-order valence-electron chi connectivity index (χ3n) is 4.55. The molecule has 0 bridgehead atoms. The molecule has 9 nitrogen and oxygen atoms in total. The van der Waals surface area contributed by atoms with Gasteiger partial charge in [0.1, 0.15) is 5.70 Å². The van der Waals surface area contributed by atoms with Crippen molar-refractivity contribution < 1.29 is 22.8 Å². The number of aryl methyl sites for hydroxylation is 1. The average molecular weight is 501 g/mol. The lowest BCUT2D eigenvalue weighted by atomic mass is 10.2. The maximum absolute atomic E-state index is 13.4. The quantitative estimate of drug-likeness (QED) is 0.562. The molecule has 0 N–H and O–H groups in total. The molecule has 1 amide bonds. The van der Waals surface area contributed by atoms with Crippen LogP contribution in [0.5, 0.6) is 0 Å². The molecule has 0 fully saturated rings. The molecule has 1 aromatic heterocycles. The first-order chi connectivity index (χ1) is 14.6. The van der Waals surface area contributed by atoms with Crippen molar-refractivity contribution in [3.05, 3.63) is 46.6 Å². The molecule has 1 aromatic carbocycles. The van der Waals surface area contributed by atoms with E-state index in [1.54, 1.807) is 31.3 Å². The minimum atomic E-state index is -3.92. The predicted molar refractivity (Wildman–Crippen MR) is 125 cm³/mol. The number of carbonyl (C=O) groups is 2. The number of hydrogen-bond acceptors (Lipinski definition) is 8. The van der Waals surface area contributed by atoms with E-state index in [0.29, 0.717) is 18.5 Å². The zero-order chi connectivity index (χ0) is 22.8. The Balaban J connectivity index is 0.00000363. The first-order valence-corrected chi connectivity index (χ1v) is 11.8. The summed E-state index contributed by atoms with van der Waals surface area (Å²) in [5.41, 5.74) is 0.240. The van der Waals surface area contributed by atoms with Gasteiger partial charge >= 0.3 is 11.9 Å². The summed E-state index contributed by atoms with van der Waals surface area (Å²) in [6, 6.07) is 6.39. The van der Waals surface area contributed by atoms with Crippen molar-refractivity contribution in [3.63, 3.8) is 0 Å². The van der Waals surface area contributed by atoms with Crippen molar-refractivity contribution in [2.75, 3.05) is 32.8 Å². The van der Waals surface area contributed by atoms with Gasteiger partial charge in [-0.25, -0.2) is 18.2 Å². The zero-order valence-corrected chi connectivity index (χ0v) is 20.6. The number of sulfonamides is 1. The molecule has 12 heteroatoms. The van der Waals surface area contributed by atoms with Crippen LogP contribution < -0.4 is 5.06 Å². The normalized spacial score (nSPS) is 14.3. The molecule has 0 radical (unpaired) electrons. The zero-order valence-electron chi connectivity index (χ0n) is 18.1. The van der Waals surface area contributed by atoms with Gasteiger partial charge in [0.15, 0.2) is 0 Å². The Labute approximate surface area is 197 Å². The molecule has 1 aliphatic rings. The molecule has 0 atom stereocenters. The molecule has 0 spiro atoms. The standard InChI is InChI=1S/C20H24N4O5S2.ClH/c1-14-13-21-20(30-14)24(29-18(25)10-7-11-22(2)3)19(26)16-12-15-8-5-6-9-17(15)31(27,28)23(16)4;/h5-6,8-9,12-13H,7,10-11H2,1-4H3;1H. The van der Waals surface area contributed by atoms with Crippen LogP contribution in [-0.2, 0) is 24.4 Å². The van der Waals surface area contributed by atoms with E-state index < -0.39 is 21.9 Å². The van der Waals surface area contributed by atoms with Crippen LogP contribution >= 0.6 is 23.7 Å². The Morgan fingerprint density at radius 2 is 1.91 bits per heavy atom. The molecule has 174 valence electrons. The number of nitrogens with zero attached hydrogens (tertiary/aromatic N) is 4. The largest absolute Gasteiger partial charge is 0.333 e. The Morgan fingerprint density at radius 3 is 2.53 bits per heavy atom. The van der Waals surface area contributed by atoms with Gasteiger partial charge in [0, 0.05) is 24.5 Å². The van der Waals surface area contributed by atoms with Gasteiger partial charge in [-0.2, -0.15) is 0 Å². The van der Waals surface area contributed by atoms with Gasteiger partial charge in [-0.3, -0.25) is 9.10 Å². The van der Waals surface area contributed by atoms with E-state index in [-0.39, 0.29) is 34.6 Å². The van der Waals surface area contributed by atoms with Crippen LogP contribution in [0.3, 0.4) is 0 Å². The molecule has 0 saturated carbocycles. The molecule has 1 aliphatic heterocycles. The summed E-state index contributed by atoms with van der Waals surface area (Å²) in [6.07, 6.45) is 3.66. The minimum Gasteiger partial charge on any atom is -0.331 e. The first-order valence-electron chi connectivity index (χ1n) is 9.53. The highest BCUT2D eigenvalue weighted by Crippen LogP contribution is 2.32. The van der Waals surface area contributed by atoms with Gasteiger partial charge in [0.2, 0.25) is 5.13 Å². The lowest BCUT2D eigenvalue weighted by molar-refractivity contribution is -0.149. The molecule has 3 rings (SSSR count). The number of rotatable bonds is 6. The van der Waals surface area contributed by atoms with Crippen LogP contribution in [0.25, 0.3) is 6.08 Å². The second-order valence-electron chi connectivity index (χ2n) is 7.26. The molecule has 32 heavy (non-hydrogen) atoms. The third-order valence-corrected chi connectivity index (χ3v) is 7.28. The number of fused-ring (bicyclic) bond motifs is 1. The van der Waals surface area contributed by atoms with Crippen LogP contribution in [0.1, 0.15) is 23.3 Å². The van der Waals surface area contributed by atoms with Crippen molar-refractivity contribution in [2.45, 2.75) is 24.7 Å². The number of anilines is 1. The fraction of sp³-hybridized carbons (Fsp3) is 0.350. The Bertz CT molecular complexity index is 1130. The molecular formula is C20H25ClN4O5S2. The topological polar surface area (TPSA) is 100 Å². The van der Waals surface area contributed by atoms with Crippen LogP contribution in [-0.4, -0.2) is 62.2 Å². The third kappa shape index (κ3) is 5.47. The molecule has 2 heterocycles. The van der Waals surface area contributed by atoms with Crippen LogP contribution in [0, 0.1) is 6.92 Å². The van der Waals surface area contributed by atoms with E-state index in [2.05, 4.69) is 4.98 Å². The molecule has 2 aromatic rings. The van der Waals surface area contributed by atoms with E-state index in [1.165, 1.54) is 19.2 Å². The Kier molecular flexibility index (Phi) is 8.41. The van der Waals surface area contributed by atoms with Crippen molar-refractivity contribution in [2.24, 2.45) is 0 Å². The van der Waals surface area contributed by atoms with Gasteiger partial charge in [-0.05, 0) is 51.7 Å². The average Bonchev–Trinajstić information content (AvgIpc) is 3.14. The maximum atomic E-state index is 13.4. The van der Waals surface area contributed by atoms with Gasteiger partial charge < -0.3 is 9.74 Å². The summed E-state index contributed by atoms with van der Waals surface area (Å²) in [6.45, 7) is 2.48. The van der Waals surface area contributed by atoms with Crippen molar-refractivity contribution in [3.8, 4) is 0 Å². The number of amides is 1. The number of hydrogen-bond donors (Lipinski definition) is 0. The summed E-state index contributed by atoms with van der Waals surface area (Å²) in [5.74, 6) is -1.40. The summed E-state index contributed by atoms with van der Waals surface area (Å²) in [4.78, 5) is 38.1. The van der Waals surface area contributed by atoms with Gasteiger partial charge in [-0.1, -0.05) is 29.5 Å². The summed E-state index contributed by atoms with van der Waals surface area (Å²) >= 11 is 1.16. The lowest BCUT2D eigenvalue weighted by Gasteiger charge is -2.29. The number of aromatic nitrogens is 1. The van der Waals surface area contributed by atoms with E-state index >= 15 is 0 Å². The minimum absolute atomic E-state index is 0. The number of halogens is 1. The second kappa shape index (κ2) is 10.4. The highest BCUT2D eigenvalue weighted by atomic mass is 35.5. The Hall–Kier alpha value is -2.47. The van der Waals surface area contributed by atoms with Crippen LogP contribution in [0.15, 0.2) is 41.1 Å². The first kappa shape index (κ1) is 25.8. The number of hydroxylamine groups is 1. The van der Waals surface area contributed by atoms with Crippen molar-refractivity contribution in [1.29, 1.82) is 0 Å². The van der Waals surface area contributed by atoms with E-state index in [0.717, 1.165) is 25.6 Å². The van der Waals surface area contributed by atoms with Gasteiger partial charge in [0.05, 0.1) is 4.90 Å². The van der Waals surface area contributed by atoms with Crippen molar-refractivity contribution >= 4 is 56.9 Å². The van der Waals surface area contributed by atoms with Gasteiger partial charge in [0.25, 0.3) is 10.0 Å². The Morgan fingerprint density at radius 1 is 1.22 bits per heavy atom. The lowest BCUT2D eigenvalue weighted by Crippen LogP contribution is -2.42. The maximum Gasteiger partial charge on any atom is 0.333 e. The van der Waals surface area contributed by atoms with Crippen molar-refractivity contribution in [1.82, 2.24) is 14.2 Å². The highest BCUT2D eigenvalue weighted by Gasteiger charge is 2.37. The predicted octanol–water partition coefficient (Wildman–Crippen LogP) is 2.68. The molecule has 0 unspecified atom stereocenters. The number of thiazole rings is 1. The van der Waals surface area contributed by atoms with Crippen LogP contribution in [0.2, 0.25) is 0 Å². The number of benzene rings is 1. The second-order valence-corrected chi connectivity index (χ2v) is 10.4. The van der Waals surface area contributed by atoms with E-state index in [1.807, 2.05) is 19.0 Å². The molecule has 0 aliphatic carbocycles. The fourth-order valence-corrected chi connectivity index (χ4v) is 5.00. The summed E-state index contributed by atoms with van der Waals surface area (Å²) in [7, 11) is 1.15. The fourth-order valence-electron chi connectivity index (χ4n) is 2.94. The monoisotopic (exact) mass is 500 g/mol. The number of carbonyl (C=O) groups excluding carboxylic acids is 2. The summed E-state index contributed by atoms with van der Waals surface area (Å²) in [5, 5.41) is 0.926. The molecule has 0 saturated heterocycles. The molecular weight excluding hydrogens is 476 g/mol. The van der Waals surface area contributed by atoms with E-state index in [4.69, 9.17) is 4.84 Å². The van der Waals surface area contributed by atoms with Crippen LogP contribution in [0.4, 0.5) is 5.13 Å². The smallest absolute Gasteiger partial charge is 0.331 e. The van der Waals surface area contributed by atoms with E-state index in [9.17, 15) is 18.0 Å². The number of likely N-dealkylation sites (N-methyl/N-ethyl adjacent to an activating group) is 1. The van der Waals surface area contributed by atoms with Gasteiger partial charge in [-0.15, -0.1) is 17.5 Å².